The van der Waals surface area contributed by atoms with Gasteiger partial charge < -0.3 is 4.98 Å². The summed E-state index contributed by atoms with van der Waals surface area (Å²) in [6.07, 6.45) is 1.12. The lowest BCUT2D eigenvalue weighted by Crippen LogP contribution is -2.42. The molecule has 1 aliphatic rings. The molecular formula is C27H27N7O3. The summed E-state index contributed by atoms with van der Waals surface area (Å²) in [5.41, 5.74) is 9.10. The summed E-state index contributed by atoms with van der Waals surface area (Å²) < 4.78 is 0. The maximum Gasteiger partial charge on any atom is 0.286 e. The second kappa shape index (κ2) is 9.45. The molecule has 0 spiro atoms. The van der Waals surface area contributed by atoms with E-state index in [0.29, 0.717) is 41.9 Å². The number of aromatic nitrogens is 5. The maximum absolute atomic E-state index is 12.8. The molecule has 2 heterocycles. The highest BCUT2D eigenvalue weighted by molar-refractivity contribution is 6.05. The fourth-order valence-corrected chi connectivity index (χ4v) is 4.65. The van der Waals surface area contributed by atoms with E-state index in [4.69, 9.17) is 0 Å². The summed E-state index contributed by atoms with van der Waals surface area (Å²) in [7, 11) is 0. The zero-order valence-electron chi connectivity index (χ0n) is 20.8. The van der Waals surface area contributed by atoms with E-state index in [1.807, 2.05) is 44.2 Å². The third kappa shape index (κ3) is 5.04. The number of aromatic amines is 1. The second-order valence-corrected chi connectivity index (χ2v) is 10.0. The lowest BCUT2D eigenvalue weighted by molar-refractivity contribution is 0.0844. The zero-order chi connectivity index (χ0) is 26.2. The van der Waals surface area contributed by atoms with Crippen LogP contribution in [0.2, 0.25) is 0 Å². The van der Waals surface area contributed by atoms with Crippen LogP contribution in [0, 0.1) is 12.3 Å². The Morgan fingerprint density at radius 1 is 1.00 bits per heavy atom. The number of carbonyl (C=O) groups is 3. The SMILES string of the molecule is Cc1c(C(=O)NNC(=O)c2ccc(Cn3nnc(-c4ccccc4)n3)cc2)[nH]c2c1C(=O)CC(C)(C)C2. The molecule has 3 N–H and O–H groups in total. The number of benzene rings is 2. The summed E-state index contributed by atoms with van der Waals surface area (Å²) in [6, 6.07) is 16.5. The lowest BCUT2D eigenvalue weighted by atomic mass is 9.75. The van der Waals surface area contributed by atoms with Crippen molar-refractivity contribution >= 4 is 17.6 Å². The summed E-state index contributed by atoms with van der Waals surface area (Å²) in [5, 5.41) is 12.6. The van der Waals surface area contributed by atoms with Crippen LogP contribution in [0.4, 0.5) is 0 Å². The molecule has 2 aromatic heterocycles. The molecule has 37 heavy (non-hydrogen) atoms. The number of nitrogens with one attached hydrogen (secondary N) is 3. The largest absolute Gasteiger partial charge is 0.353 e. The molecule has 0 saturated carbocycles. The van der Waals surface area contributed by atoms with Gasteiger partial charge in [-0.3, -0.25) is 25.2 Å². The normalized spacial score (nSPS) is 14.2. The smallest absolute Gasteiger partial charge is 0.286 e. The number of hydrogen-bond acceptors (Lipinski definition) is 6. The highest BCUT2D eigenvalue weighted by atomic mass is 16.2. The average molecular weight is 498 g/mol. The molecule has 0 atom stereocenters. The predicted molar refractivity (Wildman–Crippen MR) is 136 cm³/mol. The van der Waals surface area contributed by atoms with Crippen molar-refractivity contribution in [3.8, 4) is 11.4 Å². The Hall–Kier alpha value is -4.60. The quantitative estimate of drug-likeness (QED) is 0.362. The monoisotopic (exact) mass is 497 g/mol. The molecule has 0 bridgehead atoms. The number of hydrazine groups is 1. The van der Waals surface area contributed by atoms with E-state index >= 15 is 0 Å². The lowest BCUT2D eigenvalue weighted by Gasteiger charge is -2.28. The number of carbonyl (C=O) groups excluding carboxylic acids is 3. The van der Waals surface area contributed by atoms with E-state index in [2.05, 4.69) is 31.2 Å². The minimum Gasteiger partial charge on any atom is -0.353 e. The van der Waals surface area contributed by atoms with E-state index in [0.717, 1.165) is 16.8 Å². The van der Waals surface area contributed by atoms with Gasteiger partial charge in [0, 0.05) is 28.8 Å². The number of hydrogen-bond donors (Lipinski definition) is 3. The topological polar surface area (TPSA) is 135 Å². The van der Waals surface area contributed by atoms with Gasteiger partial charge in [0.15, 0.2) is 5.78 Å². The van der Waals surface area contributed by atoms with Gasteiger partial charge in [-0.1, -0.05) is 56.3 Å². The van der Waals surface area contributed by atoms with Crippen LogP contribution in [0.1, 0.15) is 68.3 Å². The molecule has 0 unspecified atom stereocenters. The first kappa shape index (κ1) is 24.1. The summed E-state index contributed by atoms with van der Waals surface area (Å²) in [5.74, 6) is -0.399. The number of fused-ring (bicyclic) bond motifs is 1. The molecular weight excluding hydrogens is 470 g/mol. The van der Waals surface area contributed by atoms with Gasteiger partial charge in [-0.15, -0.1) is 10.2 Å². The van der Waals surface area contributed by atoms with Crippen molar-refractivity contribution in [2.45, 2.75) is 40.2 Å². The predicted octanol–water partition coefficient (Wildman–Crippen LogP) is 3.25. The molecule has 2 aromatic carbocycles. The van der Waals surface area contributed by atoms with Crippen molar-refractivity contribution in [2.75, 3.05) is 0 Å². The zero-order valence-corrected chi connectivity index (χ0v) is 20.8. The molecule has 188 valence electrons. The van der Waals surface area contributed by atoms with Gasteiger partial charge in [0.25, 0.3) is 11.8 Å². The summed E-state index contributed by atoms with van der Waals surface area (Å²) in [6.45, 7) is 6.19. The minimum atomic E-state index is -0.506. The number of nitrogens with zero attached hydrogens (tertiary/aromatic N) is 4. The van der Waals surface area contributed by atoms with Crippen LogP contribution in [-0.4, -0.2) is 42.8 Å². The first-order valence-corrected chi connectivity index (χ1v) is 12.0. The van der Waals surface area contributed by atoms with E-state index in [9.17, 15) is 14.4 Å². The van der Waals surface area contributed by atoms with Crippen molar-refractivity contribution in [1.29, 1.82) is 0 Å². The maximum atomic E-state index is 12.8. The van der Waals surface area contributed by atoms with Crippen LogP contribution in [0.25, 0.3) is 11.4 Å². The third-order valence-corrected chi connectivity index (χ3v) is 6.44. The van der Waals surface area contributed by atoms with Crippen molar-refractivity contribution in [1.82, 2.24) is 36.0 Å². The number of H-pyrrole nitrogens is 1. The van der Waals surface area contributed by atoms with Crippen LogP contribution < -0.4 is 10.9 Å². The van der Waals surface area contributed by atoms with E-state index in [1.54, 1.807) is 31.2 Å². The van der Waals surface area contributed by atoms with Crippen LogP contribution in [0.15, 0.2) is 54.6 Å². The van der Waals surface area contributed by atoms with Crippen LogP contribution in [0.5, 0.6) is 0 Å². The Morgan fingerprint density at radius 3 is 2.43 bits per heavy atom. The first-order chi connectivity index (χ1) is 17.7. The minimum absolute atomic E-state index is 0.0283. The Morgan fingerprint density at radius 2 is 1.70 bits per heavy atom. The first-order valence-electron chi connectivity index (χ1n) is 12.0. The molecule has 0 fully saturated rings. The fraction of sp³-hybridized carbons (Fsp3) is 0.259. The molecule has 10 nitrogen and oxygen atoms in total. The van der Waals surface area contributed by atoms with Crippen molar-refractivity contribution in [3.63, 3.8) is 0 Å². The van der Waals surface area contributed by atoms with Gasteiger partial charge in [0.05, 0.1) is 6.54 Å². The van der Waals surface area contributed by atoms with E-state index < -0.39 is 11.8 Å². The van der Waals surface area contributed by atoms with Gasteiger partial charge >= 0.3 is 0 Å². The highest BCUT2D eigenvalue weighted by Gasteiger charge is 2.35. The van der Waals surface area contributed by atoms with Crippen LogP contribution >= 0.6 is 0 Å². The average Bonchev–Trinajstić information content (AvgIpc) is 3.47. The van der Waals surface area contributed by atoms with Crippen molar-refractivity contribution in [2.24, 2.45) is 5.41 Å². The Kier molecular flexibility index (Phi) is 6.16. The fourth-order valence-electron chi connectivity index (χ4n) is 4.65. The van der Waals surface area contributed by atoms with Crippen LogP contribution in [0.3, 0.4) is 0 Å². The van der Waals surface area contributed by atoms with Crippen LogP contribution in [-0.2, 0) is 13.0 Å². The van der Waals surface area contributed by atoms with Gasteiger partial charge in [-0.25, -0.2) is 0 Å². The van der Waals surface area contributed by atoms with E-state index in [-0.39, 0.29) is 16.9 Å². The van der Waals surface area contributed by atoms with E-state index in [1.165, 1.54) is 4.80 Å². The number of amides is 2. The number of Topliss-reactive ketones (excluding diaryl/α,β-unsaturated/α-hetero) is 1. The van der Waals surface area contributed by atoms with Gasteiger partial charge in [0.2, 0.25) is 5.82 Å². The molecule has 2 amide bonds. The van der Waals surface area contributed by atoms with Gasteiger partial charge in [-0.2, -0.15) is 4.80 Å². The molecule has 4 aromatic rings. The van der Waals surface area contributed by atoms with Crippen molar-refractivity contribution < 1.29 is 14.4 Å². The molecule has 0 radical (unpaired) electrons. The Bertz CT molecular complexity index is 1480. The Labute approximate surface area is 213 Å². The molecule has 0 aliphatic heterocycles. The van der Waals surface area contributed by atoms with Gasteiger partial charge in [-0.05, 0) is 47.2 Å². The third-order valence-electron chi connectivity index (χ3n) is 6.44. The molecule has 1 aliphatic carbocycles. The van der Waals surface area contributed by atoms with Crippen molar-refractivity contribution in [3.05, 3.63) is 88.2 Å². The second-order valence-electron chi connectivity index (χ2n) is 10.0. The molecule has 5 rings (SSSR count). The standard InChI is InChI=1S/C27H27N7O3/c1-16-22-20(13-27(2,3)14-21(22)35)28-23(16)26(37)31-30-25(36)19-11-9-17(10-12-19)15-34-32-24(29-33-34)18-7-5-4-6-8-18/h4-12,28H,13-15H2,1-3H3,(H,30,36)(H,31,37). The number of tetrazole rings is 1. The number of ketones is 1. The number of rotatable bonds is 5. The summed E-state index contributed by atoms with van der Waals surface area (Å²) in [4.78, 5) is 42.5. The Balaban J connectivity index is 1.19. The highest BCUT2D eigenvalue weighted by Crippen LogP contribution is 2.36. The molecule has 10 heteroatoms. The summed E-state index contributed by atoms with van der Waals surface area (Å²) >= 11 is 0. The van der Waals surface area contributed by atoms with Gasteiger partial charge in [0.1, 0.15) is 5.69 Å². The molecule has 0 saturated heterocycles.